The minimum absolute atomic E-state index is 0.208. The highest BCUT2D eigenvalue weighted by molar-refractivity contribution is 6.01. The molecule has 0 bridgehead atoms. The van der Waals surface area contributed by atoms with E-state index in [1.807, 2.05) is 26.0 Å². The molecular formula is C21H27N6O3+. The number of ether oxygens (including phenoxy) is 1. The zero-order valence-corrected chi connectivity index (χ0v) is 17.3. The van der Waals surface area contributed by atoms with Gasteiger partial charge in [0.1, 0.15) is 10.9 Å². The number of amides is 1. The molecule has 1 saturated heterocycles. The SMILES string of the molecule is CCNc1nc2[nH+]c3ccc(C)cn3c(=O)c2cc1C(=O)NCCN1CCOCC1. The van der Waals surface area contributed by atoms with Crippen LogP contribution in [0.25, 0.3) is 16.7 Å². The predicted molar refractivity (Wildman–Crippen MR) is 114 cm³/mol. The Balaban J connectivity index is 1.65. The third kappa shape index (κ3) is 4.12. The maximum atomic E-state index is 13.0. The van der Waals surface area contributed by atoms with E-state index in [4.69, 9.17) is 4.74 Å². The van der Waals surface area contributed by atoms with Gasteiger partial charge in [0.15, 0.2) is 0 Å². The number of morpholine rings is 1. The second-order valence-electron chi connectivity index (χ2n) is 7.41. The Morgan fingerprint density at radius 2 is 2.10 bits per heavy atom. The van der Waals surface area contributed by atoms with Gasteiger partial charge in [-0.1, -0.05) is 4.98 Å². The van der Waals surface area contributed by atoms with Crippen LogP contribution in [0.4, 0.5) is 5.82 Å². The molecule has 30 heavy (non-hydrogen) atoms. The Hall–Kier alpha value is -3.04. The first-order valence-electron chi connectivity index (χ1n) is 10.3. The van der Waals surface area contributed by atoms with Crippen molar-refractivity contribution in [3.8, 4) is 0 Å². The van der Waals surface area contributed by atoms with Gasteiger partial charge in [-0.15, -0.1) is 0 Å². The number of H-pyrrole nitrogens is 1. The van der Waals surface area contributed by atoms with Crippen LogP contribution in [-0.2, 0) is 4.74 Å². The number of hydrogen-bond donors (Lipinski definition) is 2. The lowest BCUT2D eigenvalue weighted by Crippen LogP contribution is -2.41. The highest BCUT2D eigenvalue weighted by Gasteiger charge is 2.22. The number of carbonyl (C=O) groups is 1. The molecule has 0 aromatic carbocycles. The van der Waals surface area contributed by atoms with Crippen LogP contribution in [0, 0.1) is 6.92 Å². The monoisotopic (exact) mass is 411 g/mol. The number of aromatic nitrogens is 3. The van der Waals surface area contributed by atoms with Gasteiger partial charge in [0.2, 0.25) is 11.5 Å². The van der Waals surface area contributed by atoms with Crippen molar-refractivity contribution in [2.24, 2.45) is 0 Å². The van der Waals surface area contributed by atoms with E-state index in [1.165, 1.54) is 0 Å². The number of hydrogen-bond acceptors (Lipinski definition) is 6. The summed E-state index contributed by atoms with van der Waals surface area (Å²) in [6, 6.07) is 5.40. The smallest absolute Gasteiger partial charge is 0.325 e. The van der Waals surface area contributed by atoms with Gasteiger partial charge in [0.25, 0.3) is 11.6 Å². The van der Waals surface area contributed by atoms with Crippen molar-refractivity contribution in [3.63, 3.8) is 0 Å². The van der Waals surface area contributed by atoms with E-state index >= 15 is 0 Å². The molecule has 3 aromatic heterocycles. The lowest BCUT2D eigenvalue weighted by atomic mass is 10.2. The normalized spacial score (nSPS) is 14.9. The number of carbonyl (C=O) groups excluding carboxylic acids is 1. The number of nitrogens with one attached hydrogen (secondary N) is 3. The molecule has 0 radical (unpaired) electrons. The molecule has 1 aliphatic heterocycles. The summed E-state index contributed by atoms with van der Waals surface area (Å²) in [5.41, 5.74) is 2.22. The third-order valence-corrected chi connectivity index (χ3v) is 5.22. The van der Waals surface area contributed by atoms with Gasteiger partial charge >= 0.3 is 5.56 Å². The maximum absolute atomic E-state index is 13.0. The van der Waals surface area contributed by atoms with E-state index in [2.05, 4.69) is 25.5 Å². The van der Waals surface area contributed by atoms with Gasteiger partial charge < -0.3 is 15.4 Å². The van der Waals surface area contributed by atoms with Crippen LogP contribution in [0.15, 0.2) is 29.2 Å². The highest BCUT2D eigenvalue weighted by atomic mass is 16.5. The van der Waals surface area contributed by atoms with Crippen molar-refractivity contribution in [3.05, 3.63) is 45.9 Å². The molecule has 1 fully saturated rings. The molecule has 0 spiro atoms. The van der Waals surface area contributed by atoms with Crippen LogP contribution in [0.2, 0.25) is 0 Å². The molecule has 9 nitrogen and oxygen atoms in total. The van der Waals surface area contributed by atoms with Gasteiger partial charge in [0, 0.05) is 38.8 Å². The van der Waals surface area contributed by atoms with E-state index in [0.29, 0.717) is 41.2 Å². The van der Waals surface area contributed by atoms with E-state index < -0.39 is 0 Å². The zero-order chi connectivity index (χ0) is 21.1. The fourth-order valence-corrected chi connectivity index (χ4v) is 3.62. The number of pyridine rings is 2. The van der Waals surface area contributed by atoms with Crippen LogP contribution in [-0.4, -0.2) is 66.1 Å². The first kappa shape index (κ1) is 20.2. The van der Waals surface area contributed by atoms with Gasteiger partial charge in [-0.2, -0.15) is 4.40 Å². The number of aromatic amines is 1. The van der Waals surface area contributed by atoms with Crippen molar-refractivity contribution in [2.45, 2.75) is 13.8 Å². The van der Waals surface area contributed by atoms with Gasteiger partial charge in [-0.05, 0) is 31.5 Å². The Labute approximate surface area is 174 Å². The summed E-state index contributed by atoms with van der Waals surface area (Å²) in [5.74, 6) is 0.211. The first-order chi connectivity index (χ1) is 14.6. The van der Waals surface area contributed by atoms with Crippen molar-refractivity contribution < 1.29 is 14.5 Å². The summed E-state index contributed by atoms with van der Waals surface area (Å²) < 4.78 is 6.90. The van der Waals surface area contributed by atoms with Gasteiger partial charge in [0.05, 0.1) is 19.4 Å². The molecule has 0 aliphatic carbocycles. The van der Waals surface area contributed by atoms with Crippen molar-refractivity contribution >= 4 is 28.4 Å². The number of nitrogens with zero attached hydrogens (tertiary/aromatic N) is 3. The van der Waals surface area contributed by atoms with Crippen molar-refractivity contribution in [1.29, 1.82) is 0 Å². The molecular weight excluding hydrogens is 384 g/mol. The summed E-state index contributed by atoms with van der Waals surface area (Å²) in [7, 11) is 0. The minimum atomic E-state index is -0.248. The molecule has 9 heteroatoms. The summed E-state index contributed by atoms with van der Waals surface area (Å²) in [6.07, 6.45) is 1.77. The zero-order valence-electron chi connectivity index (χ0n) is 17.3. The Bertz CT molecular complexity index is 1140. The molecule has 1 amide bonds. The lowest BCUT2D eigenvalue weighted by Gasteiger charge is -2.26. The van der Waals surface area contributed by atoms with E-state index in [1.54, 1.807) is 16.7 Å². The molecule has 3 aromatic rings. The Morgan fingerprint density at radius 1 is 1.30 bits per heavy atom. The largest absolute Gasteiger partial charge is 0.379 e. The number of anilines is 1. The topological polar surface area (TPSA) is 102 Å². The van der Waals surface area contributed by atoms with Crippen LogP contribution >= 0.6 is 0 Å². The van der Waals surface area contributed by atoms with Crippen LogP contribution in [0.3, 0.4) is 0 Å². The molecule has 4 rings (SSSR count). The van der Waals surface area contributed by atoms with E-state index in [9.17, 15) is 9.59 Å². The summed E-state index contributed by atoms with van der Waals surface area (Å²) in [4.78, 5) is 35.9. The average molecular weight is 411 g/mol. The van der Waals surface area contributed by atoms with Gasteiger partial charge in [-0.3, -0.25) is 9.69 Å². The third-order valence-electron chi connectivity index (χ3n) is 5.22. The molecule has 0 unspecified atom stereocenters. The fraction of sp³-hybridized carbons (Fsp3) is 0.429. The lowest BCUT2D eigenvalue weighted by molar-refractivity contribution is -0.319. The summed E-state index contributed by atoms with van der Waals surface area (Å²) >= 11 is 0. The fourth-order valence-electron chi connectivity index (χ4n) is 3.62. The van der Waals surface area contributed by atoms with Crippen molar-refractivity contribution in [1.82, 2.24) is 19.6 Å². The first-order valence-corrected chi connectivity index (χ1v) is 10.3. The minimum Gasteiger partial charge on any atom is -0.379 e. The predicted octanol–water partition coefficient (Wildman–Crippen LogP) is 0.464. The molecule has 1 aliphatic rings. The van der Waals surface area contributed by atoms with Crippen LogP contribution in [0.5, 0.6) is 0 Å². The maximum Gasteiger partial charge on any atom is 0.325 e. The van der Waals surface area contributed by atoms with Crippen LogP contribution < -0.4 is 21.2 Å². The Morgan fingerprint density at radius 3 is 2.87 bits per heavy atom. The molecule has 158 valence electrons. The van der Waals surface area contributed by atoms with Crippen molar-refractivity contribution in [2.75, 3.05) is 51.3 Å². The number of fused-ring (bicyclic) bond motifs is 2. The summed E-state index contributed by atoms with van der Waals surface area (Å²) in [6.45, 7) is 8.94. The second-order valence-corrected chi connectivity index (χ2v) is 7.41. The number of aryl methyl sites for hydroxylation is 1. The van der Waals surface area contributed by atoms with Gasteiger partial charge in [-0.25, -0.2) is 9.78 Å². The average Bonchev–Trinajstić information content (AvgIpc) is 2.75. The molecule has 4 heterocycles. The molecule has 3 N–H and O–H groups in total. The van der Waals surface area contributed by atoms with E-state index in [-0.39, 0.29) is 11.5 Å². The summed E-state index contributed by atoms with van der Waals surface area (Å²) in [5, 5.41) is 6.47. The standard InChI is InChI=1S/C21H26N6O3/c1-3-22-18-15(20(28)23-6-7-26-8-10-30-11-9-26)12-16-19(25-18)24-17-5-4-14(2)13-27(17)21(16)29/h4-5,12-13H,3,6-11H2,1-2H3,(H,22,25)(H,23,28)/p+1. The van der Waals surface area contributed by atoms with E-state index in [0.717, 1.165) is 38.4 Å². The molecule has 0 saturated carbocycles. The number of rotatable bonds is 6. The second kappa shape index (κ2) is 8.76. The highest BCUT2D eigenvalue weighted by Crippen LogP contribution is 2.17. The molecule has 0 atom stereocenters. The van der Waals surface area contributed by atoms with Crippen LogP contribution in [0.1, 0.15) is 22.8 Å². The quantitative estimate of drug-likeness (QED) is 0.572. The Kier molecular flexibility index (Phi) is 5.91.